The zero-order valence-corrected chi connectivity index (χ0v) is 12.1. The van der Waals surface area contributed by atoms with Gasteiger partial charge in [0.25, 0.3) is 0 Å². The van der Waals surface area contributed by atoms with Gasteiger partial charge in [-0.1, -0.05) is 37.1 Å². The van der Waals surface area contributed by atoms with Crippen molar-refractivity contribution in [2.24, 2.45) is 0 Å². The lowest BCUT2D eigenvalue weighted by Gasteiger charge is -2.18. The molecular weight excluding hydrogens is 250 g/mol. The summed E-state index contributed by atoms with van der Waals surface area (Å²) in [5, 5.41) is 13.5. The summed E-state index contributed by atoms with van der Waals surface area (Å²) in [4.78, 5) is 0. The zero-order chi connectivity index (χ0) is 13.8. The van der Waals surface area contributed by atoms with Crippen LogP contribution >= 0.6 is 0 Å². The number of aliphatic hydroxyl groups excluding tert-OH is 1. The maximum absolute atomic E-state index is 10.00. The summed E-state index contributed by atoms with van der Waals surface area (Å²) in [5.41, 5.74) is 2.89. The molecule has 2 N–H and O–H groups in total. The van der Waals surface area contributed by atoms with E-state index in [1.165, 1.54) is 24.0 Å². The molecule has 3 heteroatoms. The first-order valence-corrected chi connectivity index (χ1v) is 7.91. The van der Waals surface area contributed by atoms with Gasteiger partial charge in [0.15, 0.2) is 0 Å². The van der Waals surface area contributed by atoms with E-state index in [2.05, 4.69) is 29.6 Å². The van der Waals surface area contributed by atoms with E-state index in [1.807, 2.05) is 0 Å². The normalized spacial score (nSPS) is 21.2. The SMILES string of the molecule is OC(CNC1Cc2ccccc2C1)COC1CCCC1. The maximum Gasteiger partial charge on any atom is 0.0897 e. The van der Waals surface area contributed by atoms with Gasteiger partial charge in [0.2, 0.25) is 0 Å². The molecule has 0 amide bonds. The van der Waals surface area contributed by atoms with Crippen molar-refractivity contribution in [1.82, 2.24) is 5.32 Å². The Morgan fingerprint density at radius 1 is 1.15 bits per heavy atom. The van der Waals surface area contributed by atoms with Crippen LogP contribution in [0.4, 0.5) is 0 Å². The highest BCUT2D eigenvalue weighted by molar-refractivity contribution is 5.33. The smallest absolute Gasteiger partial charge is 0.0897 e. The molecule has 2 aliphatic carbocycles. The van der Waals surface area contributed by atoms with E-state index >= 15 is 0 Å². The largest absolute Gasteiger partial charge is 0.389 e. The van der Waals surface area contributed by atoms with Crippen molar-refractivity contribution in [3.63, 3.8) is 0 Å². The van der Waals surface area contributed by atoms with Crippen LogP contribution in [0.2, 0.25) is 0 Å². The van der Waals surface area contributed by atoms with E-state index in [4.69, 9.17) is 4.74 Å². The molecule has 1 fully saturated rings. The van der Waals surface area contributed by atoms with Crippen LogP contribution in [0.1, 0.15) is 36.8 Å². The second-order valence-corrected chi connectivity index (χ2v) is 6.18. The lowest BCUT2D eigenvalue weighted by atomic mass is 10.1. The molecule has 1 saturated carbocycles. The average molecular weight is 275 g/mol. The molecule has 1 aromatic rings. The Morgan fingerprint density at radius 3 is 2.45 bits per heavy atom. The monoisotopic (exact) mass is 275 g/mol. The van der Waals surface area contributed by atoms with Crippen LogP contribution in [0.5, 0.6) is 0 Å². The van der Waals surface area contributed by atoms with Gasteiger partial charge in [-0.25, -0.2) is 0 Å². The Morgan fingerprint density at radius 2 is 1.80 bits per heavy atom. The highest BCUT2D eigenvalue weighted by Gasteiger charge is 2.21. The van der Waals surface area contributed by atoms with Crippen molar-refractivity contribution >= 4 is 0 Å². The van der Waals surface area contributed by atoms with Crippen LogP contribution in [0.3, 0.4) is 0 Å². The Labute approximate surface area is 121 Å². The van der Waals surface area contributed by atoms with Crippen molar-refractivity contribution in [2.75, 3.05) is 13.2 Å². The van der Waals surface area contributed by atoms with Crippen LogP contribution in [-0.2, 0) is 17.6 Å². The number of ether oxygens (including phenoxy) is 1. The van der Waals surface area contributed by atoms with Crippen molar-refractivity contribution in [2.45, 2.75) is 56.8 Å². The highest BCUT2D eigenvalue weighted by Crippen LogP contribution is 2.22. The molecular formula is C17H25NO2. The lowest BCUT2D eigenvalue weighted by Crippen LogP contribution is -2.38. The molecule has 0 saturated heterocycles. The van der Waals surface area contributed by atoms with Gasteiger partial charge < -0.3 is 15.2 Å². The van der Waals surface area contributed by atoms with Crippen molar-refractivity contribution in [3.8, 4) is 0 Å². The van der Waals surface area contributed by atoms with Crippen LogP contribution in [0, 0.1) is 0 Å². The number of nitrogens with one attached hydrogen (secondary N) is 1. The molecule has 0 spiro atoms. The standard InChI is InChI=1S/C17H25NO2/c19-16(12-20-17-7-3-4-8-17)11-18-15-9-13-5-1-2-6-14(13)10-15/h1-2,5-6,15-19H,3-4,7-12H2. The van der Waals surface area contributed by atoms with Crippen LogP contribution in [-0.4, -0.2) is 36.5 Å². The van der Waals surface area contributed by atoms with Gasteiger partial charge >= 0.3 is 0 Å². The summed E-state index contributed by atoms with van der Waals surface area (Å²) in [6, 6.07) is 9.08. The predicted molar refractivity (Wildman–Crippen MR) is 79.9 cm³/mol. The summed E-state index contributed by atoms with van der Waals surface area (Å²) < 4.78 is 5.75. The molecule has 20 heavy (non-hydrogen) atoms. The Balaban J connectivity index is 1.35. The molecule has 0 radical (unpaired) electrons. The summed E-state index contributed by atoms with van der Waals surface area (Å²) >= 11 is 0. The van der Waals surface area contributed by atoms with Gasteiger partial charge in [-0.05, 0) is 36.8 Å². The minimum atomic E-state index is -0.390. The van der Waals surface area contributed by atoms with E-state index in [0.29, 0.717) is 25.3 Å². The minimum absolute atomic E-state index is 0.389. The summed E-state index contributed by atoms with van der Waals surface area (Å²) in [6.45, 7) is 1.10. The van der Waals surface area contributed by atoms with Crippen LogP contribution < -0.4 is 5.32 Å². The number of hydrogen-bond donors (Lipinski definition) is 2. The van der Waals surface area contributed by atoms with Crippen molar-refractivity contribution < 1.29 is 9.84 Å². The number of fused-ring (bicyclic) bond motifs is 1. The molecule has 110 valence electrons. The fourth-order valence-electron chi connectivity index (χ4n) is 3.37. The Kier molecular flexibility index (Phi) is 4.71. The fourth-order valence-corrected chi connectivity index (χ4v) is 3.37. The summed E-state index contributed by atoms with van der Waals surface area (Å²) in [5.74, 6) is 0. The average Bonchev–Trinajstić information content (AvgIpc) is 3.11. The van der Waals surface area contributed by atoms with Gasteiger partial charge in [-0.2, -0.15) is 0 Å². The highest BCUT2D eigenvalue weighted by atomic mass is 16.5. The third-order valence-corrected chi connectivity index (χ3v) is 4.52. The molecule has 1 atom stereocenters. The number of benzene rings is 1. The zero-order valence-electron chi connectivity index (χ0n) is 12.1. The number of hydrogen-bond acceptors (Lipinski definition) is 3. The van der Waals surface area contributed by atoms with E-state index in [-0.39, 0.29) is 6.10 Å². The second-order valence-electron chi connectivity index (χ2n) is 6.18. The molecule has 2 aliphatic rings. The minimum Gasteiger partial charge on any atom is -0.389 e. The van der Waals surface area contributed by atoms with Gasteiger partial charge in [0.1, 0.15) is 0 Å². The molecule has 3 nitrogen and oxygen atoms in total. The first-order chi connectivity index (χ1) is 9.81. The topological polar surface area (TPSA) is 41.5 Å². The lowest BCUT2D eigenvalue weighted by molar-refractivity contribution is -0.00614. The van der Waals surface area contributed by atoms with E-state index in [1.54, 1.807) is 0 Å². The third kappa shape index (κ3) is 3.60. The van der Waals surface area contributed by atoms with Crippen LogP contribution in [0.15, 0.2) is 24.3 Å². The van der Waals surface area contributed by atoms with Gasteiger partial charge in [-0.3, -0.25) is 0 Å². The first-order valence-electron chi connectivity index (χ1n) is 7.91. The van der Waals surface area contributed by atoms with Gasteiger partial charge in [-0.15, -0.1) is 0 Å². The first kappa shape index (κ1) is 14.1. The van der Waals surface area contributed by atoms with Crippen LogP contribution in [0.25, 0.3) is 0 Å². The number of rotatable bonds is 6. The molecule has 0 aliphatic heterocycles. The molecule has 0 aromatic heterocycles. The molecule has 3 rings (SSSR count). The molecule has 1 aromatic carbocycles. The fraction of sp³-hybridized carbons (Fsp3) is 0.647. The van der Waals surface area contributed by atoms with Crippen molar-refractivity contribution in [1.29, 1.82) is 0 Å². The molecule has 0 bridgehead atoms. The van der Waals surface area contributed by atoms with Gasteiger partial charge in [0, 0.05) is 12.6 Å². The predicted octanol–water partition coefficient (Wildman–Crippen LogP) is 2.06. The van der Waals surface area contributed by atoms with E-state index < -0.39 is 0 Å². The molecule has 1 unspecified atom stereocenters. The van der Waals surface area contributed by atoms with E-state index in [9.17, 15) is 5.11 Å². The quantitative estimate of drug-likeness (QED) is 0.835. The summed E-state index contributed by atoms with van der Waals surface area (Å²) in [6.07, 6.45) is 7.04. The number of aliphatic hydroxyl groups is 1. The maximum atomic E-state index is 10.00. The third-order valence-electron chi connectivity index (χ3n) is 4.52. The molecule has 0 heterocycles. The summed E-state index contributed by atoms with van der Waals surface area (Å²) in [7, 11) is 0. The Hall–Kier alpha value is -0.900. The van der Waals surface area contributed by atoms with Gasteiger partial charge in [0.05, 0.1) is 18.8 Å². The van der Waals surface area contributed by atoms with E-state index in [0.717, 1.165) is 25.7 Å². The second kappa shape index (κ2) is 6.70. The Bertz CT molecular complexity index is 404. The van der Waals surface area contributed by atoms with Crippen molar-refractivity contribution in [3.05, 3.63) is 35.4 Å².